The van der Waals surface area contributed by atoms with Crippen LogP contribution in [0.1, 0.15) is 16.2 Å². The molecule has 0 atom stereocenters. The molecule has 162 valence electrons. The Hall–Kier alpha value is -4.13. The van der Waals surface area contributed by atoms with Gasteiger partial charge in [0.25, 0.3) is 5.91 Å². The molecule has 3 aromatic carbocycles. The van der Waals surface area contributed by atoms with E-state index in [1.54, 1.807) is 38.4 Å². The molecule has 0 aliphatic rings. The van der Waals surface area contributed by atoms with Crippen molar-refractivity contribution in [3.05, 3.63) is 90.3 Å². The number of amides is 2. The number of aromatic nitrogens is 2. The first kappa shape index (κ1) is 21.1. The monoisotopic (exact) mass is 428 g/mol. The van der Waals surface area contributed by atoms with Crippen LogP contribution in [0.3, 0.4) is 0 Å². The van der Waals surface area contributed by atoms with Crippen LogP contribution in [0.5, 0.6) is 5.75 Å². The van der Waals surface area contributed by atoms with Gasteiger partial charge in [-0.05, 0) is 48.5 Å². The maximum absolute atomic E-state index is 12.8. The predicted molar refractivity (Wildman–Crippen MR) is 124 cm³/mol. The van der Waals surface area contributed by atoms with E-state index in [9.17, 15) is 9.59 Å². The molecule has 0 saturated heterocycles. The number of nitrogens with one attached hydrogen (secondary N) is 1. The first-order valence-electron chi connectivity index (χ1n) is 10.2. The average molecular weight is 428 g/mol. The summed E-state index contributed by atoms with van der Waals surface area (Å²) in [4.78, 5) is 31.0. The van der Waals surface area contributed by atoms with Crippen LogP contribution in [0.4, 0.5) is 5.69 Å². The van der Waals surface area contributed by atoms with Crippen molar-refractivity contribution in [3.8, 4) is 5.75 Å². The van der Waals surface area contributed by atoms with Gasteiger partial charge >= 0.3 is 0 Å². The van der Waals surface area contributed by atoms with Crippen molar-refractivity contribution in [3.63, 3.8) is 0 Å². The smallest absolute Gasteiger partial charge is 0.253 e. The van der Waals surface area contributed by atoms with Gasteiger partial charge in [0, 0.05) is 25.3 Å². The summed E-state index contributed by atoms with van der Waals surface area (Å²) in [5.41, 5.74) is 2.85. The van der Waals surface area contributed by atoms with E-state index < -0.39 is 0 Å². The highest BCUT2D eigenvalue weighted by atomic mass is 16.5. The number of rotatable bonds is 7. The van der Waals surface area contributed by atoms with Crippen molar-refractivity contribution < 1.29 is 14.3 Å². The van der Waals surface area contributed by atoms with E-state index in [0.29, 0.717) is 17.1 Å². The summed E-state index contributed by atoms with van der Waals surface area (Å²) in [6.45, 7) is 0.333. The van der Waals surface area contributed by atoms with Crippen LogP contribution in [0.15, 0.2) is 78.9 Å². The molecular weight excluding hydrogens is 404 g/mol. The van der Waals surface area contributed by atoms with Crippen LogP contribution in [0, 0.1) is 0 Å². The number of anilines is 1. The number of fused-ring (bicyclic) bond motifs is 1. The Labute approximate surface area is 186 Å². The lowest BCUT2D eigenvalue weighted by Gasteiger charge is -2.12. The number of hydrogen-bond donors (Lipinski definition) is 1. The van der Waals surface area contributed by atoms with E-state index in [1.165, 1.54) is 4.90 Å². The summed E-state index contributed by atoms with van der Waals surface area (Å²) >= 11 is 0. The molecule has 1 aromatic heterocycles. The van der Waals surface area contributed by atoms with Gasteiger partial charge in [-0.1, -0.05) is 30.3 Å². The van der Waals surface area contributed by atoms with Gasteiger partial charge in [-0.3, -0.25) is 9.59 Å². The fourth-order valence-corrected chi connectivity index (χ4v) is 3.38. The number of benzene rings is 3. The van der Waals surface area contributed by atoms with Crippen LogP contribution < -0.4 is 10.1 Å². The van der Waals surface area contributed by atoms with Gasteiger partial charge in [0.15, 0.2) is 0 Å². The zero-order valence-corrected chi connectivity index (χ0v) is 18.0. The minimum atomic E-state index is -0.194. The van der Waals surface area contributed by atoms with Crippen molar-refractivity contribution in [1.82, 2.24) is 14.5 Å². The quantitative estimate of drug-likeness (QED) is 0.484. The zero-order valence-electron chi connectivity index (χ0n) is 18.0. The minimum absolute atomic E-state index is 0.0872. The van der Waals surface area contributed by atoms with Gasteiger partial charge in [0.05, 0.1) is 11.0 Å². The molecule has 0 unspecified atom stereocenters. The second kappa shape index (κ2) is 9.34. The van der Waals surface area contributed by atoms with E-state index in [1.807, 2.05) is 59.2 Å². The summed E-state index contributed by atoms with van der Waals surface area (Å²) in [5, 5.41) is 2.89. The Morgan fingerprint density at radius 3 is 2.34 bits per heavy atom. The predicted octanol–water partition coefficient (Wildman–Crippen LogP) is 3.96. The maximum atomic E-state index is 12.8. The van der Waals surface area contributed by atoms with Gasteiger partial charge in [0.1, 0.15) is 24.7 Å². The second-order valence-electron chi connectivity index (χ2n) is 7.53. The first-order valence-corrected chi connectivity index (χ1v) is 10.2. The summed E-state index contributed by atoms with van der Waals surface area (Å²) in [6, 6.07) is 24.0. The third-order valence-electron chi connectivity index (χ3n) is 4.97. The van der Waals surface area contributed by atoms with E-state index in [-0.39, 0.29) is 25.0 Å². The van der Waals surface area contributed by atoms with Crippen molar-refractivity contribution in [2.24, 2.45) is 0 Å². The van der Waals surface area contributed by atoms with Crippen LogP contribution in [0.25, 0.3) is 11.0 Å². The molecule has 0 fully saturated rings. The summed E-state index contributed by atoms with van der Waals surface area (Å²) < 4.78 is 7.72. The van der Waals surface area contributed by atoms with Crippen LogP contribution >= 0.6 is 0 Å². The van der Waals surface area contributed by atoms with E-state index >= 15 is 0 Å². The molecule has 2 amide bonds. The van der Waals surface area contributed by atoms with Crippen molar-refractivity contribution >= 4 is 28.5 Å². The number of para-hydroxylation sites is 3. The maximum Gasteiger partial charge on any atom is 0.253 e. The molecule has 0 bridgehead atoms. The van der Waals surface area contributed by atoms with Crippen molar-refractivity contribution in [2.45, 2.75) is 13.2 Å². The molecule has 7 nitrogen and oxygen atoms in total. The minimum Gasteiger partial charge on any atom is -0.486 e. The Morgan fingerprint density at radius 2 is 1.62 bits per heavy atom. The third-order valence-corrected chi connectivity index (χ3v) is 4.97. The van der Waals surface area contributed by atoms with Crippen LogP contribution in [0.2, 0.25) is 0 Å². The van der Waals surface area contributed by atoms with Crippen molar-refractivity contribution in [1.29, 1.82) is 0 Å². The molecule has 0 saturated carbocycles. The standard InChI is InChI=1S/C25H24N4O3/c1-28(2)25(31)18-12-14-19(15-13-18)26-24(30)16-29-22-11-7-6-10-21(22)27-23(29)17-32-20-8-4-3-5-9-20/h3-15H,16-17H2,1-2H3,(H,26,30). The molecule has 4 rings (SSSR count). The van der Waals surface area contributed by atoms with Gasteiger partial charge in [-0.15, -0.1) is 0 Å². The van der Waals surface area contributed by atoms with Crippen LogP contribution in [-0.2, 0) is 17.9 Å². The van der Waals surface area contributed by atoms with Crippen molar-refractivity contribution in [2.75, 3.05) is 19.4 Å². The molecule has 0 aliphatic heterocycles. The lowest BCUT2D eigenvalue weighted by molar-refractivity contribution is -0.116. The van der Waals surface area contributed by atoms with E-state index in [0.717, 1.165) is 16.8 Å². The SMILES string of the molecule is CN(C)C(=O)c1ccc(NC(=O)Cn2c(COc3ccccc3)nc3ccccc32)cc1. The highest BCUT2D eigenvalue weighted by molar-refractivity contribution is 5.95. The largest absolute Gasteiger partial charge is 0.486 e. The molecule has 7 heteroatoms. The van der Waals surface area contributed by atoms with E-state index in [2.05, 4.69) is 10.3 Å². The van der Waals surface area contributed by atoms with Gasteiger partial charge in [-0.25, -0.2) is 4.98 Å². The molecule has 4 aromatic rings. The molecule has 32 heavy (non-hydrogen) atoms. The van der Waals surface area contributed by atoms with Gasteiger partial charge in [0.2, 0.25) is 5.91 Å². The Bertz CT molecular complexity index is 1230. The Kier molecular flexibility index (Phi) is 6.17. The van der Waals surface area contributed by atoms with E-state index in [4.69, 9.17) is 4.74 Å². The molecule has 0 aliphatic carbocycles. The fraction of sp³-hybridized carbons (Fsp3) is 0.160. The Balaban J connectivity index is 1.50. The number of carbonyl (C=O) groups excluding carboxylic acids is 2. The second-order valence-corrected chi connectivity index (χ2v) is 7.53. The zero-order chi connectivity index (χ0) is 22.5. The third kappa shape index (κ3) is 4.78. The number of ether oxygens (including phenoxy) is 1. The van der Waals surface area contributed by atoms with Gasteiger partial charge < -0.3 is 19.5 Å². The lowest BCUT2D eigenvalue weighted by Crippen LogP contribution is -2.22. The highest BCUT2D eigenvalue weighted by Gasteiger charge is 2.15. The van der Waals surface area contributed by atoms with Crippen LogP contribution in [-0.4, -0.2) is 40.4 Å². The number of carbonyl (C=O) groups is 2. The summed E-state index contributed by atoms with van der Waals surface area (Å²) in [5.74, 6) is 1.12. The molecule has 1 N–H and O–H groups in total. The average Bonchev–Trinajstić information content (AvgIpc) is 3.15. The molecule has 0 spiro atoms. The first-order chi connectivity index (χ1) is 15.5. The summed E-state index contributed by atoms with van der Waals surface area (Å²) in [7, 11) is 3.40. The molecule has 0 radical (unpaired) electrons. The number of nitrogens with zero attached hydrogens (tertiary/aromatic N) is 3. The number of hydrogen-bond acceptors (Lipinski definition) is 4. The highest BCUT2D eigenvalue weighted by Crippen LogP contribution is 2.19. The van der Waals surface area contributed by atoms with Gasteiger partial charge in [-0.2, -0.15) is 0 Å². The fourth-order valence-electron chi connectivity index (χ4n) is 3.38. The molecular formula is C25H24N4O3. The lowest BCUT2D eigenvalue weighted by atomic mass is 10.2. The molecule has 1 heterocycles. The normalized spacial score (nSPS) is 10.7. The topological polar surface area (TPSA) is 76.5 Å². The number of imidazole rings is 1. The summed E-state index contributed by atoms with van der Waals surface area (Å²) in [6.07, 6.45) is 0. The Morgan fingerprint density at radius 1 is 0.938 bits per heavy atom.